The Morgan fingerprint density at radius 2 is 1.92 bits per heavy atom. The van der Waals surface area contributed by atoms with Crippen LogP contribution in [0.15, 0.2) is 30.3 Å². The van der Waals surface area contributed by atoms with Crippen LogP contribution in [0.25, 0.3) is 0 Å². The number of aliphatic hydroxyl groups is 1. The Bertz CT molecular complexity index is 689. The molecule has 0 bridgehead atoms. The first kappa shape index (κ1) is 18.2. The maximum atomic E-state index is 12.8. The van der Waals surface area contributed by atoms with E-state index in [1.807, 2.05) is 44.2 Å². The van der Waals surface area contributed by atoms with Gasteiger partial charge in [-0.1, -0.05) is 43.7 Å². The zero-order valence-electron chi connectivity index (χ0n) is 15.2. The van der Waals surface area contributed by atoms with Crippen LogP contribution < -0.4 is 0 Å². The van der Waals surface area contributed by atoms with Gasteiger partial charge in [0.15, 0.2) is 0 Å². The molecule has 1 amide bonds. The van der Waals surface area contributed by atoms with Crippen LogP contribution in [-0.4, -0.2) is 38.8 Å². The fourth-order valence-corrected chi connectivity index (χ4v) is 2.59. The van der Waals surface area contributed by atoms with Crippen LogP contribution in [0, 0.1) is 6.92 Å². The summed E-state index contributed by atoms with van der Waals surface area (Å²) in [6.45, 7) is 8.82. The van der Waals surface area contributed by atoms with Gasteiger partial charge >= 0.3 is 0 Å². The van der Waals surface area contributed by atoms with E-state index in [4.69, 9.17) is 0 Å². The smallest absolute Gasteiger partial charge is 0.272 e. The molecule has 24 heavy (non-hydrogen) atoms. The number of carbonyl (C=O) groups excluding carboxylic acids is 1. The maximum Gasteiger partial charge on any atom is 0.272 e. The summed E-state index contributed by atoms with van der Waals surface area (Å²) in [7, 11) is 1.78. The first-order chi connectivity index (χ1) is 11.3. The van der Waals surface area contributed by atoms with E-state index in [1.165, 1.54) is 0 Å². The quantitative estimate of drug-likeness (QED) is 0.886. The van der Waals surface area contributed by atoms with Gasteiger partial charge in [-0.15, -0.1) is 0 Å². The Balaban J connectivity index is 2.15. The van der Waals surface area contributed by atoms with E-state index >= 15 is 0 Å². The predicted octanol–water partition coefficient (Wildman–Crippen LogP) is 3.05. The van der Waals surface area contributed by atoms with Gasteiger partial charge in [0.2, 0.25) is 0 Å². The molecule has 1 aromatic carbocycles. The predicted molar refractivity (Wildman–Crippen MR) is 95.0 cm³/mol. The molecule has 2 rings (SSSR count). The van der Waals surface area contributed by atoms with Gasteiger partial charge < -0.3 is 10.0 Å². The molecule has 5 nitrogen and oxygen atoms in total. The normalized spacial score (nSPS) is 12.5. The summed E-state index contributed by atoms with van der Waals surface area (Å²) in [5.41, 5.74) is 3.41. The highest BCUT2D eigenvalue weighted by Crippen LogP contribution is 2.18. The van der Waals surface area contributed by atoms with Gasteiger partial charge in [-0.2, -0.15) is 5.10 Å². The van der Waals surface area contributed by atoms with Crippen LogP contribution in [0.3, 0.4) is 0 Å². The van der Waals surface area contributed by atoms with E-state index in [-0.39, 0.29) is 18.4 Å². The summed E-state index contributed by atoms with van der Waals surface area (Å²) in [6.07, 6.45) is -0.702. The average molecular weight is 329 g/mol. The van der Waals surface area contributed by atoms with Crippen LogP contribution in [0.5, 0.6) is 0 Å². The number of hydrogen-bond acceptors (Lipinski definition) is 3. The van der Waals surface area contributed by atoms with Crippen molar-refractivity contribution in [2.75, 3.05) is 13.1 Å². The highest BCUT2D eigenvalue weighted by atomic mass is 16.3. The molecule has 0 aliphatic heterocycles. The van der Waals surface area contributed by atoms with Crippen molar-refractivity contribution in [3.63, 3.8) is 0 Å². The Hall–Kier alpha value is -2.14. The molecule has 130 valence electrons. The van der Waals surface area contributed by atoms with Crippen LogP contribution in [0.4, 0.5) is 0 Å². The lowest BCUT2D eigenvalue weighted by Crippen LogP contribution is -2.35. The number of rotatable bonds is 6. The lowest BCUT2D eigenvalue weighted by Gasteiger charge is -2.24. The van der Waals surface area contributed by atoms with E-state index in [0.717, 1.165) is 16.8 Å². The number of amides is 1. The van der Waals surface area contributed by atoms with Crippen LogP contribution in [0.1, 0.15) is 60.1 Å². The van der Waals surface area contributed by atoms with Gasteiger partial charge in [-0.3, -0.25) is 9.48 Å². The van der Waals surface area contributed by atoms with Crippen molar-refractivity contribution in [1.29, 1.82) is 0 Å². The summed E-state index contributed by atoms with van der Waals surface area (Å²) in [5, 5.41) is 14.9. The van der Waals surface area contributed by atoms with Gasteiger partial charge in [0.05, 0.1) is 18.3 Å². The van der Waals surface area contributed by atoms with Crippen molar-refractivity contribution < 1.29 is 9.90 Å². The molecular weight excluding hydrogens is 302 g/mol. The second kappa shape index (κ2) is 7.62. The summed E-state index contributed by atoms with van der Waals surface area (Å²) in [5.74, 6) is 0.163. The summed E-state index contributed by atoms with van der Waals surface area (Å²) in [4.78, 5) is 14.5. The minimum atomic E-state index is -0.702. The monoisotopic (exact) mass is 329 g/mol. The molecule has 1 atom stereocenters. The summed E-state index contributed by atoms with van der Waals surface area (Å²) < 4.78 is 1.62. The lowest BCUT2D eigenvalue weighted by molar-refractivity contribution is 0.0624. The molecule has 0 spiro atoms. The third-order valence-corrected chi connectivity index (χ3v) is 4.23. The van der Waals surface area contributed by atoms with Gasteiger partial charge in [-0.05, 0) is 31.4 Å². The Labute approximate surface area is 143 Å². The van der Waals surface area contributed by atoms with E-state index in [9.17, 15) is 9.90 Å². The number of carbonyl (C=O) groups is 1. The number of aromatic nitrogens is 2. The van der Waals surface area contributed by atoms with E-state index in [1.54, 1.807) is 16.6 Å². The van der Waals surface area contributed by atoms with Crippen LogP contribution in [-0.2, 0) is 7.05 Å². The molecule has 0 saturated carbocycles. The molecule has 1 aromatic heterocycles. The van der Waals surface area contributed by atoms with Gasteiger partial charge in [-0.25, -0.2) is 0 Å². The van der Waals surface area contributed by atoms with Gasteiger partial charge in [0.25, 0.3) is 5.91 Å². The molecule has 5 heteroatoms. The molecule has 0 unspecified atom stereocenters. The maximum absolute atomic E-state index is 12.8. The Morgan fingerprint density at radius 1 is 1.29 bits per heavy atom. The third kappa shape index (κ3) is 4.03. The fraction of sp³-hybridized carbons (Fsp3) is 0.474. The van der Waals surface area contributed by atoms with E-state index in [2.05, 4.69) is 18.9 Å². The number of nitrogens with zero attached hydrogens (tertiary/aromatic N) is 3. The molecule has 0 fully saturated rings. The average Bonchev–Trinajstić information content (AvgIpc) is 2.94. The number of aryl methyl sites for hydroxylation is 2. The molecule has 0 aliphatic carbocycles. The van der Waals surface area contributed by atoms with Crippen molar-refractivity contribution >= 4 is 5.91 Å². The second-order valence-corrected chi connectivity index (χ2v) is 6.50. The molecule has 2 aromatic rings. The first-order valence-electron chi connectivity index (χ1n) is 8.41. The van der Waals surface area contributed by atoms with Crippen molar-refractivity contribution in [3.05, 3.63) is 52.8 Å². The fourth-order valence-electron chi connectivity index (χ4n) is 2.59. The standard InChI is InChI=1S/C19H27N3O2/c1-6-22(12-18(23)15-9-7-14(4)8-10-15)19(24)17-11-16(13(2)3)20-21(17)5/h7-11,13,18,23H,6,12H2,1-5H3/t18-/m1/s1. The van der Waals surface area contributed by atoms with Crippen LogP contribution >= 0.6 is 0 Å². The molecule has 1 heterocycles. The lowest BCUT2D eigenvalue weighted by atomic mass is 10.1. The molecule has 0 aliphatic rings. The zero-order valence-corrected chi connectivity index (χ0v) is 15.2. The molecule has 1 N–H and O–H groups in total. The molecular formula is C19H27N3O2. The highest BCUT2D eigenvalue weighted by molar-refractivity contribution is 5.92. The highest BCUT2D eigenvalue weighted by Gasteiger charge is 2.22. The Kier molecular flexibility index (Phi) is 5.78. The molecule has 0 saturated heterocycles. The third-order valence-electron chi connectivity index (χ3n) is 4.23. The first-order valence-corrected chi connectivity index (χ1v) is 8.41. The SMILES string of the molecule is CCN(C[C@@H](O)c1ccc(C)cc1)C(=O)c1cc(C(C)C)nn1C. The van der Waals surface area contributed by atoms with E-state index in [0.29, 0.717) is 12.2 Å². The molecule has 0 radical (unpaired) electrons. The minimum absolute atomic E-state index is 0.106. The second-order valence-electron chi connectivity index (χ2n) is 6.50. The zero-order chi connectivity index (χ0) is 17.9. The van der Waals surface area contributed by atoms with Gasteiger partial charge in [0, 0.05) is 13.6 Å². The van der Waals surface area contributed by atoms with Crippen molar-refractivity contribution in [3.8, 4) is 0 Å². The van der Waals surface area contributed by atoms with Crippen molar-refractivity contribution in [1.82, 2.24) is 14.7 Å². The topological polar surface area (TPSA) is 58.4 Å². The summed E-state index contributed by atoms with van der Waals surface area (Å²) in [6, 6.07) is 9.58. The number of aliphatic hydroxyl groups excluding tert-OH is 1. The number of hydrogen-bond donors (Lipinski definition) is 1. The van der Waals surface area contributed by atoms with Crippen LogP contribution in [0.2, 0.25) is 0 Å². The van der Waals surface area contributed by atoms with Gasteiger partial charge in [0.1, 0.15) is 5.69 Å². The largest absolute Gasteiger partial charge is 0.387 e. The minimum Gasteiger partial charge on any atom is -0.387 e. The van der Waals surface area contributed by atoms with Crippen molar-refractivity contribution in [2.24, 2.45) is 7.05 Å². The Morgan fingerprint density at radius 3 is 2.42 bits per heavy atom. The van der Waals surface area contributed by atoms with Crippen molar-refractivity contribution in [2.45, 2.75) is 39.7 Å². The summed E-state index contributed by atoms with van der Waals surface area (Å²) >= 11 is 0. The van der Waals surface area contributed by atoms with E-state index < -0.39 is 6.10 Å². The number of likely N-dealkylation sites (N-methyl/N-ethyl adjacent to an activating group) is 1. The number of benzene rings is 1.